The van der Waals surface area contributed by atoms with Crippen molar-refractivity contribution in [1.29, 1.82) is 5.26 Å². The summed E-state index contributed by atoms with van der Waals surface area (Å²) in [5, 5.41) is 8.75. The molecule has 1 aromatic carbocycles. The van der Waals surface area contributed by atoms with E-state index in [-0.39, 0.29) is 23.4 Å². The van der Waals surface area contributed by atoms with Crippen LogP contribution in [0.4, 0.5) is 5.69 Å². The van der Waals surface area contributed by atoms with E-state index in [9.17, 15) is 4.79 Å². The van der Waals surface area contributed by atoms with Crippen LogP contribution >= 0.6 is 0 Å². The molecule has 1 aromatic rings. The second-order valence-electron chi connectivity index (χ2n) is 2.60. The molecule has 0 aliphatic heterocycles. The molecule has 0 aromatic heterocycles. The Hall–Kier alpha value is -2.02. The van der Waals surface area contributed by atoms with Gasteiger partial charge in [0.2, 0.25) is 0 Å². The number of esters is 1. The normalized spacial score (nSPS) is 9.14. The van der Waals surface area contributed by atoms with Crippen LogP contribution in [0.1, 0.15) is 22.8 Å². The van der Waals surface area contributed by atoms with Gasteiger partial charge in [-0.05, 0) is 19.1 Å². The topological polar surface area (TPSA) is 76.1 Å². The molecule has 0 bridgehead atoms. The van der Waals surface area contributed by atoms with Crippen molar-refractivity contribution in [3.05, 3.63) is 29.3 Å². The van der Waals surface area contributed by atoms with Crippen molar-refractivity contribution in [1.82, 2.24) is 0 Å². The van der Waals surface area contributed by atoms with Crippen molar-refractivity contribution in [3.63, 3.8) is 0 Å². The zero-order chi connectivity index (χ0) is 10.6. The molecule has 0 heterocycles. The Morgan fingerprint density at radius 3 is 2.93 bits per heavy atom. The van der Waals surface area contributed by atoms with Gasteiger partial charge in [0.1, 0.15) is 11.6 Å². The SMILES string of the molecule is CCOC(=O)c1c(N)cccc1C#N. The summed E-state index contributed by atoms with van der Waals surface area (Å²) in [4.78, 5) is 11.4. The molecule has 0 amide bonds. The summed E-state index contributed by atoms with van der Waals surface area (Å²) in [5.74, 6) is -0.554. The summed E-state index contributed by atoms with van der Waals surface area (Å²) < 4.78 is 4.78. The summed E-state index contributed by atoms with van der Waals surface area (Å²) >= 11 is 0. The Morgan fingerprint density at radius 1 is 1.64 bits per heavy atom. The van der Waals surface area contributed by atoms with Gasteiger partial charge in [-0.15, -0.1) is 0 Å². The third kappa shape index (κ3) is 1.83. The Labute approximate surface area is 81.9 Å². The highest BCUT2D eigenvalue weighted by molar-refractivity contribution is 5.97. The first-order chi connectivity index (χ1) is 6.70. The Balaban J connectivity index is 3.18. The predicted octanol–water partition coefficient (Wildman–Crippen LogP) is 1.32. The van der Waals surface area contributed by atoms with E-state index in [1.807, 2.05) is 6.07 Å². The van der Waals surface area contributed by atoms with Crippen LogP contribution < -0.4 is 5.73 Å². The summed E-state index contributed by atoms with van der Waals surface area (Å²) in [6.45, 7) is 1.96. The minimum Gasteiger partial charge on any atom is -0.462 e. The molecule has 0 fully saturated rings. The second kappa shape index (κ2) is 4.28. The summed E-state index contributed by atoms with van der Waals surface area (Å²) in [7, 11) is 0. The number of rotatable bonds is 2. The van der Waals surface area contributed by atoms with E-state index < -0.39 is 5.97 Å². The molecular formula is C10H10N2O2. The van der Waals surface area contributed by atoms with E-state index in [1.54, 1.807) is 19.1 Å². The highest BCUT2D eigenvalue weighted by atomic mass is 16.5. The molecule has 0 saturated carbocycles. The minimum atomic E-state index is -0.554. The Bertz CT molecular complexity index is 394. The number of ether oxygens (including phenoxy) is 1. The Kier molecular flexibility index (Phi) is 3.08. The molecule has 0 aliphatic rings. The Morgan fingerprint density at radius 2 is 2.36 bits per heavy atom. The van der Waals surface area contributed by atoms with Crippen LogP contribution in [0.3, 0.4) is 0 Å². The number of anilines is 1. The van der Waals surface area contributed by atoms with Gasteiger partial charge in [-0.3, -0.25) is 0 Å². The lowest BCUT2D eigenvalue weighted by atomic mass is 10.1. The maximum Gasteiger partial charge on any atom is 0.341 e. The molecule has 14 heavy (non-hydrogen) atoms. The minimum absolute atomic E-state index is 0.150. The fourth-order valence-electron chi connectivity index (χ4n) is 1.09. The molecule has 72 valence electrons. The van der Waals surface area contributed by atoms with Gasteiger partial charge in [0.05, 0.1) is 12.2 Å². The van der Waals surface area contributed by atoms with Crippen LogP contribution in [-0.2, 0) is 4.74 Å². The van der Waals surface area contributed by atoms with Crippen molar-refractivity contribution in [3.8, 4) is 6.07 Å². The first-order valence-corrected chi connectivity index (χ1v) is 4.16. The van der Waals surface area contributed by atoms with Gasteiger partial charge in [-0.1, -0.05) is 6.07 Å². The molecule has 1 rings (SSSR count). The fraction of sp³-hybridized carbons (Fsp3) is 0.200. The zero-order valence-electron chi connectivity index (χ0n) is 7.78. The lowest BCUT2D eigenvalue weighted by Crippen LogP contribution is -2.10. The van der Waals surface area contributed by atoms with Gasteiger partial charge in [0.15, 0.2) is 0 Å². The van der Waals surface area contributed by atoms with Crippen LogP contribution in [-0.4, -0.2) is 12.6 Å². The summed E-state index contributed by atoms with van der Waals surface area (Å²) in [6.07, 6.45) is 0. The molecule has 4 heteroatoms. The number of nitriles is 1. The first kappa shape index (κ1) is 10.1. The summed E-state index contributed by atoms with van der Waals surface area (Å²) in [6, 6.07) is 6.61. The molecule has 0 aliphatic carbocycles. The third-order valence-electron chi connectivity index (χ3n) is 1.70. The van der Waals surface area contributed by atoms with Gasteiger partial charge in [-0.2, -0.15) is 5.26 Å². The van der Waals surface area contributed by atoms with Crippen LogP contribution in [0.25, 0.3) is 0 Å². The average molecular weight is 190 g/mol. The number of nitrogens with zero attached hydrogens (tertiary/aromatic N) is 1. The van der Waals surface area contributed by atoms with Gasteiger partial charge < -0.3 is 10.5 Å². The van der Waals surface area contributed by atoms with Crippen LogP contribution in [0.2, 0.25) is 0 Å². The smallest absolute Gasteiger partial charge is 0.341 e. The van der Waals surface area contributed by atoms with E-state index >= 15 is 0 Å². The second-order valence-corrected chi connectivity index (χ2v) is 2.60. The molecule has 2 N–H and O–H groups in total. The molecule has 0 atom stereocenters. The van der Waals surface area contributed by atoms with Crippen LogP contribution in [0, 0.1) is 11.3 Å². The molecule has 0 saturated heterocycles. The van der Waals surface area contributed by atoms with Gasteiger partial charge >= 0.3 is 5.97 Å². The largest absolute Gasteiger partial charge is 0.462 e. The highest BCUT2D eigenvalue weighted by Gasteiger charge is 2.15. The fourth-order valence-corrected chi connectivity index (χ4v) is 1.09. The monoisotopic (exact) mass is 190 g/mol. The number of nitrogen functional groups attached to an aromatic ring is 1. The van der Waals surface area contributed by atoms with Crippen molar-refractivity contribution in [2.24, 2.45) is 0 Å². The maximum atomic E-state index is 11.4. The molecule has 0 unspecified atom stereocenters. The third-order valence-corrected chi connectivity index (χ3v) is 1.70. The average Bonchev–Trinajstić information content (AvgIpc) is 2.17. The van der Waals surface area contributed by atoms with Crippen LogP contribution in [0.15, 0.2) is 18.2 Å². The quantitative estimate of drug-likeness (QED) is 0.563. The maximum absolute atomic E-state index is 11.4. The number of nitrogens with two attached hydrogens (primary N) is 1. The van der Waals surface area contributed by atoms with E-state index in [1.165, 1.54) is 6.07 Å². The van der Waals surface area contributed by atoms with E-state index in [0.29, 0.717) is 0 Å². The summed E-state index contributed by atoms with van der Waals surface area (Å²) in [5.41, 5.74) is 6.23. The molecule has 0 radical (unpaired) electrons. The number of benzene rings is 1. The van der Waals surface area contributed by atoms with E-state index in [0.717, 1.165) is 0 Å². The first-order valence-electron chi connectivity index (χ1n) is 4.16. The highest BCUT2D eigenvalue weighted by Crippen LogP contribution is 2.17. The lowest BCUT2D eigenvalue weighted by molar-refractivity contribution is 0.0527. The zero-order valence-corrected chi connectivity index (χ0v) is 7.78. The molecular weight excluding hydrogens is 180 g/mol. The number of hydrogen-bond acceptors (Lipinski definition) is 4. The van der Waals surface area contributed by atoms with Gasteiger partial charge in [-0.25, -0.2) is 4.79 Å². The number of carbonyl (C=O) groups excluding carboxylic acids is 1. The standard InChI is InChI=1S/C10H10N2O2/c1-2-14-10(13)9-7(6-11)4-3-5-8(9)12/h3-5H,2,12H2,1H3. The van der Waals surface area contributed by atoms with Crippen molar-refractivity contribution >= 4 is 11.7 Å². The van der Waals surface area contributed by atoms with E-state index in [4.69, 9.17) is 15.7 Å². The van der Waals surface area contributed by atoms with Crippen molar-refractivity contribution in [2.75, 3.05) is 12.3 Å². The van der Waals surface area contributed by atoms with Crippen molar-refractivity contribution < 1.29 is 9.53 Å². The number of carbonyl (C=O) groups is 1. The van der Waals surface area contributed by atoms with Crippen molar-refractivity contribution in [2.45, 2.75) is 6.92 Å². The molecule has 4 nitrogen and oxygen atoms in total. The van der Waals surface area contributed by atoms with Crippen LogP contribution in [0.5, 0.6) is 0 Å². The number of hydrogen-bond donors (Lipinski definition) is 1. The molecule has 0 spiro atoms. The van der Waals surface area contributed by atoms with Gasteiger partial charge in [0, 0.05) is 5.69 Å². The lowest BCUT2D eigenvalue weighted by Gasteiger charge is -2.05. The predicted molar refractivity (Wildman–Crippen MR) is 51.5 cm³/mol. The van der Waals surface area contributed by atoms with E-state index in [2.05, 4.69) is 0 Å². The van der Waals surface area contributed by atoms with Gasteiger partial charge in [0.25, 0.3) is 0 Å².